The van der Waals surface area contributed by atoms with Crippen molar-refractivity contribution in [3.8, 4) is 0 Å². The van der Waals surface area contributed by atoms with Crippen molar-refractivity contribution in [3.63, 3.8) is 0 Å². The van der Waals surface area contributed by atoms with Crippen LogP contribution in [0.3, 0.4) is 0 Å². The maximum atomic E-state index is 10.2. The highest BCUT2D eigenvalue weighted by Gasteiger charge is 2.08. The van der Waals surface area contributed by atoms with Gasteiger partial charge < -0.3 is 9.69 Å². The molecule has 0 aliphatic rings. The van der Waals surface area contributed by atoms with E-state index >= 15 is 0 Å². The Morgan fingerprint density at radius 3 is 2.93 bits per heavy atom. The van der Waals surface area contributed by atoms with Crippen LogP contribution in [0.5, 0.6) is 0 Å². The standard InChI is InChI=1S/C10H13BrClNOS/c1-13(4-2-3-5-14)7-9-8(12)6-10(11)15-9/h5-6H,2-4,7H2,1H3. The quantitative estimate of drug-likeness (QED) is 0.591. The number of rotatable bonds is 6. The first-order valence-corrected chi connectivity index (χ1v) is 6.68. The Balaban J connectivity index is 2.40. The van der Waals surface area contributed by atoms with E-state index in [0.717, 1.165) is 39.5 Å². The highest BCUT2D eigenvalue weighted by atomic mass is 79.9. The molecule has 0 radical (unpaired) electrons. The summed E-state index contributed by atoms with van der Waals surface area (Å²) in [5.74, 6) is 0. The molecular weight excluding hydrogens is 298 g/mol. The summed E-state index contributed by atoms with van der Waals surface area (Å²) in [6, 6.07) is 1.92. The summed E-state index contributed by atoms with van der Waals surface area (Å²) in [5.41, 5.74) is 0. The molecule has 84 valence electrons. The molecule has 0 fully saturated rings. The molecule has 2 nitrogen and oxygen atoms in total. The van der Waals surface area contributed by atoms with E-state index < -0.39 is 0 Å². The van der Waals surface area contributed by atoms with Crippen molar-refractivity contribution in [2.75, 3.05) is 13.6 Å². The molecule has 15 heavy (non-hydrogen) atoms. The fourth-order valence-electron chi connectivity index (χ4n) is 1.25. The summed E-state index contributed by atoms with van der Waals surface area (Å²) in [5, 5.41) is 0.814. The van der Waals surface area contributed by atoms with Gasteiger partial charge in [-0.3, -0.25) is 0 Å². The van der Waals surface area contributed by atoms with Crippen LogP contribution in [-0.2, 0) is 11.3 Å². The van der Waals surface area contributed by atoms with Crippen molar-refractivity contribution < 1.29 is 4.79 Å². The van der Waals surface area contributed by atoms with Gasteiger partial charge in [-0.1, -0.05) is 11.6 Å². The zero-order valence-corrected chi connectivity index (χ0v) is 11.7. The van der Waals surface area contributed by atoms with Gasteiger partial charge in [0.25, 0.3) is 0 Å². The molecule has 1 rings (SSSR count). The minimum absolute atomic E-state index is 0.631. The smallest absolute Gasteiger partial charge is 0.120 e. The average Bonchev–Trinajstić information content (AvgIpc) is 2.45. The van der Waals surface area contributed by atoms with Crippen LogP contribution < -0.4 is 0 Å². The topological polar surface area (TPSA) is 20.3 Å². The predicted molar refractivity (Wildman–Crippen MR) is 68.7 cm³/mol. The average molecular weight is 311 g/mol. The summed E-state index contributed by atoms with van der Waals surface area (Å²) >= 11 is 11.1. The molecule has 0 spiro atoms. The van der Waals surface area contributed by atoms with Gasteiger partial charge in [0.05, 0.1) is 8.81 Å². The third kappa shape index (κ3) is 4.64. The van der Waals surface area contributed by atoms with Crippen LogP contribution >= 0.6 is 38.9 Å². The van der Waals surface area contributed by atoms with Crippen molar-refractivity contribution in [1.82, 2.24) is 4.90 Å². The highest BCUT2D eigenvalue weighted by Crippen LogP contribution is 2.31. The molecule has 1 aromatic heterocycles. The Morgan fingerprint density at radius 1 is 1.67 bits per heavy atom. The molecule has 0 unspecified atom stereocenters. The van der Waals surface area contributed by atoms with Crippen LogP contribution in [0, 0.1) is 0 Å². The van der Waals surface area contributed by atoms with Gasteiger partial charge >= 0.3 is 0 Å². The fraction of sp³-hybridized carbons (Fsp3) is 0.500. The normalized spacial score (nSPS) is 10.9. The lowest BCUT2D eigenvalue weighted by atomic mass is 10.3. The SMILES string of the molecule is CN(CCCC=O)Cc1sc(Br)cc1Cl. The molecule has 1 heterocycles. The van der Waals surface area contributed by atoms with Crippen LogP contribution in [0.15, 0.2) is 9.85 Å². The fourth-order valence-corrected chi connectivity index (χ4v) is 3.40. The van der Waals surface area contributed by atoms with Gasteiger partial charge in [-0.2, -0.15) is 0 Å². The van der Waals surface area contributed by atoms with Gasteiger partial charge in [-0.25, -0.2) is 0 Å². The number of carbonyl (C=O) groups excluding carboxylic acids is 1. The molecule has 0 saturated carbocycles. The van der Waals surface area contributed by atoms with Gasteiger partial charge in [0.15, 0.2) is 0 Å². The summed E-state index contributed by atoms with van der Waals surface area (Å²) in [4.78, 5) is 13.5. The van der Waals surface area contributed by atoms with Gasteiger partial charge in [0, 0.05) is 17.8 Å². The molecule has 0 amide bonds. The molecular formula is C10H13BrClNOS. The lowest BCUT2D eigenvalue weighted by Gasteiger charge is -2.14. The molecule has 0 atom stereocenters. The van der Waals surface area contributed by atoms with Crippen molar-refractivity contribution in [2.24, 2.45) is 0 Å². The monoisotopic (exact) mass is 309 g/mol. The number of nitrogens with zero attached hydrogens (tertiary/aromatic N) is 1. The van der Waals surface area contributed by atoms with E-state index in [4.69, 9.17) is 11.6 Å². The molecule has 0 aromatic carbocycles. The van der Waals surface area contributed by atoms with Gasteiger partial charge in [0.2, 0.25) is 0 Å². The van der Waals surface area contributed by atoms with Crippen LogP contribution in [0.1, 0.15) is 17.7 Å². The molecule has 1 aromatic rings. The van der Waals surface area contributed by atoms with Gasteiger partial charge in [-0.05, 0) is 42.0 Å². The Bertz CT molecular complexity index is 329. The second-order valence-electron chi connectivity index (χ2n) is 3.37. The Morgan fingerprint density at radius 2 is 2.40 bits per heavy atom. The lowest BCUT2D eigenvalue weighted by Crippen LogP contribution is -2.18. The lowest BCUT2D eigenvalue weighted by molar-refractivity contribution is -0.108. The minimum atomic E-state index is 0.631. The van der Waals surface area contributed by atoms with Gasteiger partial charge in [-0.15, -0.1) is 11.3 Å². The number of unbranched alkanes of at least 4 members (excludes halogenated alkanes) is 1. The zero-order valence-electron chi connectivity index (χ0n) is 8.50. The summed E-state index contributed by atoms with van der Waals surface area (Å²) in [6.45, 7) is 1.76. The molecule has 0 aliphatic carbocycles. The van der Waals surface area contributed by atoms with Crippen LogP contribution in [-0.4, -0.2) is 24.8 Å². The Kier molecular flexibility index (Phi) is 5.82. The minimum Gasteiger partial charge on any atom is -0.303 e. The number of carbonyl (C=O) groups is 1. The number of halogens is 2. The van der Waals surface area contributed by atoms with E-state index in [1.54, 1.807) is 11.3 Å². The predicted octanol–water partition coefficient (Wildman–Crippen LogP) is 3.57. The molecule has 0 aliphatic heterocycles. The number of aldehydes is 1. The van der Waals surface area contributed by atoms with Crippen LogP contribution in [0.25, 0.3) is 0 Å². The van der Waals surface area contributed by atoms with E-state index in [9.17, 15) is 4.79 Å². The van der Waals surface area contributed by atoms with Crippen molar-refractivity contribution >= 4 is 45.2 Å². The largest absolute Gasteiger partial charge is 0.303 e. The summed E-state index contributed by atoms with van der Waals surface area (Å²) in [6.07, 6.45) is 2.50. The Labute approximate surface area is 107 Å². The van der Waals surface area contributed by atoms with Crippen molar-refractivity contribution in [3.05, 3.63) is 19.8 Å². The second-order valence-corrected chi connectivity index (χ2v) is 6.29. The molecule has 0 bridgehead atoms. The van der Waals surface area contributed by atoms with Gasteiger partial charge in [0.1, 0.15) is 6.29 Å². The van der Waals surface area contributed by atoms with E-state index in [-0.39, 0.29) is 0 Å². The van der Waals surface area contributed by atoms with E-state index in [1.807, 2.05) is 13.1 Å². The van der Waals surface area contributed by atoms with E-state index in [0.29, 0.717) is 6.42 Å². The van der Waals surface area contributed by atoms with Crippen LogP contribution in [0.2, 0.25) is 5.02 Å². The number of thiophene rings is 1. The summed E-state index contributed by atoms with van der Waals surface area (Å²) < 4.78 is 1.06. The van der Waals surface area contributed by atoms with Crippen molar-refractivity contribution in [2.45, 2.75) is 19.4 Å². The third-order valence-electron chi connectivity index (χ3n) is 2.00. The Hall–Kier alpha value is 0.1000. The summed E-state index contributed by atoms with van der Waals surface area (Å²) in [7, 11) is 2.04. The molecule has 0 N–H and O–H groups in total. The van der Waals surface area contributed by atoms with E-state index in [1.165, 1.54) is 0 Å². The maximum absolute atomic E-state index is 10.2. The number of hydrogen-bond acceptors (Lipinski definition) is 3. The van der Waals surface area contributed by atoms with E-state index in [2.05, 4.69) is 20.8 Å². The third-order valence-corrected chi connectivity index (χ3v) is 4.07. The first-order valence-electron chi connectivity index (χ1n) is 4.69. The highest BCUT2D eigenvalue weighted by molar-refractivity contribution is 9.11. The molecule has 5 heteroatoms. The second kappa shape index (κ2) is 6.63. The van der Waals surface area contributed by atoms with Crippen molar-refractivity contribution in [1.29, 1.82) is 0 Å². The number of hydrogen-bond donors (Lipinski definition) is 0. The molecule has 0 saturated heterocycles. The zero-order chi connectivity index (χ0) is 11.3. The first-order chi connectivity index (χ1) is 7.13. The maximum Gasteiger partial charge on any atom is 0.120 e. The first kappa shape index (κ1) is 13.2. The van der Waals surface area contributed by atoms with Crippen LogP contribution in [0.4, 0.5) is 0 Å².